The average molecular weight is 248 g/mol. The van der Waals surface area contributed by atoms with Crippen molar-refractivity contribution >= 4 is 5.69 Å². The Labute approximate surface area is 108 Å². The van der Waals surface area contributed by atoms with Crippen molar-refractivity contribution in [3.63, 3.8) is 0 Å². The molecule has 0 amide bonds. The van der Waals surface area contributed by atoms with Crippen LogP contribution in [0.15, 0.2) is 18.2 Å². The third kappa shape index (κ3) is 2.12. The molecule has 0 spiro atoms. The van der Waals surface area contributed by atoms with Crippen LogP contribution in [0.4, 0.5) is 5.69 Å². The summed E-state index contributed by atoms with van der Waals surface area (Å²) in [6, 6.07) is 6.05. The Morgan fingerprint density at radius 1 is 1.17 bits per heavy atom. The fraction of sp³-hybridized carbons (Fsp3) is 0.571. The van der Waals surface area contributed by atoms with Gasteiger partial charge in [-0.25, -0.2) is 0 Å². The third-order valence-corrected chi connectivity index (χ3v) is 4.01. The molecule has 2 aliphatic rings. The number of anilines is 1. The minimum atomic E-state index is 0.336. The van der Waals surface area contributed by atoms with E-state index >= 15 is 0 Å². The van der Waals surface area contributed by atoms with Crippen LogP contribution in [0.25, 0.3) is 0 Å². The molecule has 0 radical (unpaired) electrons. The van der Waals surface area contributed by atoms with Gasteiger partial charge in [-0.05, 0) is 32.0 Å². The monoisotopic (exact) mass is 248 g/mol. The minimum absolute atomic E-state index is 0.336. The Balaban J connectivity index is 1.63. The molecule has 4 nitrogen and oxygen atoms in total. The summed E-state index contributed by atoms with van der Waals surface area (Å²) in [5, 5.41) is 6.83. The highest BCUT2D eigenvalue weighted by molar-refractivity contribution is 5.55. The first-order valence-electron chi connectivity index (χ1n) is 6.59. The molecule has 3 rings (SSSR count). The first-order chi connectivity index (χ1) is 8.81. The van der Waals surface area contributed by atoms with Gasteiger partial charge in [0.2, 0.25) is 6.79 Å². The number of hydrogen-bond acceptors (Lipinski definition) is 4. The van der Waals surface area contributed by atoms with Gasteiger partial charge in [0.05, 0.1) is 0 Å². The van der Waals surface area contributed by atoms with E-state index in [1.807, 2.05) is 19.2 Å². The lowest BCUT2D eigenvalue weighted by molar-refractivity contribution is 0.151. The number of benzene rings is 1. The Morgan fingerprint density at radius 2 is 2.00 bits per heavy atom. The molecular weight excluding hydrogens is 228 g/mol. The molecule has 1 aromatic rings. The summed E-state index contributed by atoms with van der Waals surface area (Å²) in [7, 11) is 2.03. The van der Waals surface area contributed by atoms with Gasteiger partial charge < -0.3 is 20.1 Å². The van der Waals surface area contributed by atoms with Gasteiger partial charge in [0, 0.05) is 30.3 Å². The van der Waals surface area contributed by atoms with Gasteiger partial charge in [-0.3, -0.25) is 0 Å². The molecule has 2 N–H and O–H groups in total. The fourth-order valence-corrected chi connectivity index (χ4v) is 2.76. The third-order valence-electron chi connectivity index (χ3n) is 4.01. The zero-order chi connectivity index (χ0) is 12.4. The molecule has 0 aromatic heterocycles. The second kappa shape index (κ2) is 4.69. The number of ether oxygens (including phenoxy) is 2. The molecule has 1 heterocycles. The average Bonchev–Trinajstić information content (AvgIpc) is 2.79. The van der Waals surface area contributed by atoms with E-state index in [-0.39, 0.29) is 0 Å². The largest absolute Gasteiger partial charge is 0.454 e. The zero-order valence-corrected chi connectivity index (χ0v) is 10.8. The van der Waals surface area contributed by atoms with Crippen molar-refractivity contribution in [3.8, 4) is 11.5 Å². The van der Waals surface area contributed by atoms with Gasteiger partial charge in [0.1, 0.15) is 0 Å². The molecule has 98 valence electrons. The van der Waals surface area contributed by atoms with Crippen LogP contribution >= 0.6 is 0 Å². The summed E-state index contributed by atoms with van der Waals surface area (Å²) in [5.41, 5.74) is 1.55. The Morgan fingerprint density at radius 3 is 2.72 bits per heavy atom. The van der Waals surface area contributed by atoms with Crippen LogP contribution in [-0.2, 0) is 0 Å². The SMILES string of the molecule is CNCC1(CNc2ccc3c(c2)OCO3)CCC1. The van der Waals surface area contributed by atoms with E-state index in [4.69, 9.17) is 9.47 Å². The van der Waals surface area contributed by atoms with Crippen LogP contribution in [0.3, 0.4) is 0 Å². The van der Waals surface area contributed by atoms with Crippen molar-refractivity contribution in [2.24, 2.45) is 5.41 Å². The highest BCUT2D eigenvalue weighted by Crippen LogP contribution is 2.41. The van der Waals surface area contributed by atoms with Crippen molar-refractivity contribution in [1.82, 2.24) is 5.32 Å². The quantitative estimate of drug-likeness (QED) is 0.838. The molecule has 1 aliphatic heterocycles. The van der Waals surface area contributed by atoms with E-state index in [1.165, 1.54) is 19.3 Å². The van der Waals surface area contributed by atoms with E-state index in [0.717, 1.165) is 30.3 Å². The molecule has 1 aliphatic carbocycles. The van der Waals surface area contributed by atoms with Crippen molar-refractivity contribution in [2.45, 2.75) is 19.3 Å². The highest BCUT2D eigenvalue weighted by Gasteiger charge is 2.35. The predicted octanol–water partition coefficient (Wildman–Crippen LogP) is 2.22. The first kappa shape index (κ1) is 11.7. The first-order valence-corrected chi connectivity index (χ1v) is 6.59. The van der Waals surface area contributed by atoms with E-state index in [2.05, 4.69) is 16.7 Å². The van der Waals surface area contributed by atoms with Crippen molar-refractivity contribution in [3.05, 3.63) is 18.2 Å². The van der Waals surface area contributed by atoms with Crippen LogP contribution in [-0.4, -0.2) is 26.9 Å². The summed E-state index contributed by atoms with van der Waals surface area (Å²) in [6.45, 7) is 2.44. The van der Waals surface area contributed by atoms with Crippen LogP contribution < -0.4 is 20.1 Å². The second-order valence-electron chi connectivity index (χ2n) is 5.31. The van der Waals surface area contributed by atoms with Crippen molar-refractivity contribution < 1.29 is 9.47 Å². The standard InChI is InChI=1S/C14H20N2O2/c1-15-8-14(5-2-6-14)9-16-11-3-4-12-13(7-11)18-10-17-12/h3-4,7,15-16H,2,5-6,8-10H2,1H3. The summed E-state index contributed by atoms with van der Waals surface area (Å²) in [4.78, 5) is 0. The normalized spacial score (nSPS) is 19.4. The zero-order valence-electron chi connectivity index (χ0n) is 10.8. The van der Waals surface area contributed by atoms with Gasteiger partial charge >= 0.3 is 0 Å². The van der Waals surface area contributed by atoms with Crippen molar-refractivity contribution in [1.29, 1.82) is 0 Å². The molecular formula is C14H20N2O2. The van der Waals surface area contributed by atoms with Crippen molar-refractivity contribution in [2.75, 3.05) is 32.2 Å². The number of fused-ring (bicyclic) bond motifs is 1. The fourth-order valence-electron chi connectivity index (χ4n) is 2.76. The molecule has 1 saturated carbocycles. The maximum Gasteiger partial charge on any atom is 0.231 e. The van der Waals surface area contributed by atoms with E-state index in [0.29, 0.717) is 12.2 Å². The van der Waals surface area contributed by atoms with E-state index in [9.17, 15) is 0 Å². The molecule has 0 atom stereocenters. The predicted molar refractivity (Wildman–Crippen MR) is 71.3 cm³/mol. The smallest absolute Gasteiger partial charge is 0.231 e. The van der Waals surface area contributed by atoms with Gasteiger partial charge in [-0.1, -0.05) is 6.42 Å². The van der Waals surface area contributed by atoms with E-state index < -0.39 is 0 Å². The van der Waals surface area contributed by atoms with Crippen LogP contribution in [0, 0.1) is 5.41 Å². The Bertz CT molecular complexity index is 430. The van der Waals surface area contributed by atoms with Gasteiger partial charge in [-0.15, -0.1) is 0 Å². The molecule has 1 aromatic carbocycles. The maximum atomic E-state index is 5.38. The topological polar surface area (TPSA) is 42.5 Å². The molecule has 4 heteroatoms. The molecule has 18 heavy (non-hydrogen) atoms. The Hall–Kier alpha value is -1.42. The van der Waals surface area contributed by atoms with Gasteiger partial charge in [0.15, 0.2) is 11.5 Å². The molecule has 1 fully saturated rings. The lowest BCUT2D eigenvalue weighted by Gasteiger charge is -2.42. The molecule has 0 bridgehead atoms. The molecule has 0 saturated heterocycles. The lowest BCUT2D eigenvalue weighted by atomic mass is 9.68. The molecule has 0 unspecified atom stereocenters. The van der Waals surface area contributed by atoms with Crippen LogP contribution in [0.2, 0.25) is 0 Å². The minimum Gasteiger partial charge on any atom is -0.454 e. The van der Waals surface area contributed by atoms with Crippen LogP contribution in [0.5, 0.6) is 11.5 Å². The van der Waals surface area contributed by atoms with E-state index in [1.54, 1.807) is 0 Å². The highest BCUT2D eigenvalue weighted by atomic mass is 16.7. The van der Waals surface area contributed by atoms with Gasteiger partial charge in [0.25, 0.3) is 0 Å². The number of nitrogens with one attached hydrogen (secondary N) is 2. The Kier molecular flexibility index (Phi) is 3.04. The van der Waals surface area contributed by atoms with Gasteiger partial charge in [-0.2, -0.15) is 0 Å². The van der Waals surface area contributed by atoms with Crippen LogP contribution in [0.1, 0.15) is 19.3 Å². The number of rotatable bonds is 5. The lowest BCUT2D eigenvalue weighted by Crippen LogP contribution is -2.44. The number of hydrogen-bond donors (Lipinski definition) is 2. The summed E-state index contributed by atoms with van der Waals surface area (Å²) in [6.07, 6.45) is 3.97. The summed E-state index contributed by atoms with van der Waals surface area (Å²) >= 11 is 0. The maximum absolute atomic E-state index is 5.38. The summed E-state index contributed by atoms with van der Waals surface area (Å²) in [5.74, 6) is 1.69. The second-order valence-corrected chi connectivity index (χ2v) is 5.31. The summed E-state index contributed by atoms with van der Waals surface area (Å²) < 4.78 is 10.7.